The van der Waals surface area contributed by atoms with Crippen molar-refractivity contribution in [1.82, 2.24) is 19.5 Å². The molecule has 0 aliphatic carbocycles. The molecule has 9 heteroatoms. The van der Waals surface area contributed by atoms with Crippen molar-refractivity contribution in [3.8, 4) is 17.1 Å². The van der Waals surface area contributed by atoms with Crippen molar-refractivity contribution >= 4 is 22.9 Å². The van der Waals surface area contributed by atoms with E-state index in [1.54, 1.807) is 41.8 Å². The highest BCUT2D eigenvalue weighted by Gasteiger charge is 2.31. The van der Waals surface area contributed by atoms with Crippen LogP contribution in [0.2, 0.25) is 0 Å². The summed E-state index contributed by atoms with van der Waals surface area (Å²) in [5.74, 6) is 1.82. The Hall–Kier alpha value is -2.29. The van der Waals surface area contributed by atoms with E-state index in [0.717, 1.165) is 18.0 Å². The normalized spacial score (nSPS) is 11.9. The van der Waals surface area contributed by atoms with Crippen LogP contribution in [0.3, 0.4) is 0 Å². The Morgan fingerprint density at radius 2 is 2.08 bits per heavy atom. The van der Waals surface area contributed by atoms with E-state index >= 15 is 0 Å². The maximum atomic E-state index is 12.9. The summed E-state index contributed by atoms with van der Waals surface area (Å²) in [7, 11) is 1.71. The third-order valence-corrected chi connectivity index (χ3v) is 4.18. The Kier molecular flexibility index (Phi) is 4.85. The lowest BCUT2D eigenvalue weighted by Gasteiger charge is -2.10. The van der Waals surface area contributed by atoms with Gasteiger partial charge in [-0.3, -0.25) is 4.98 Å². The molecule has 0 N–H and O–H groups in total. The highest BCUT2D eigenvalue weighted by molar-refractivity contribution is 7.98. The molecule has 3 aromatic heterocycles. The zero-order chi connectivity index (χ0) is 18.0. The van der Waals surface area contributed by atoms with Gasteiger partial charge in [-0.2, -0.15) is 24.9 Å². The molecule has 3 rings (SSSR count). The molecule has 3 aromatic rings. The summed E-state index contributed by atoms with van der Waals surface area (Å²) in [6.45, 7) is 0.500. The van der Waals surface area contributed by atoms with Crippen LogP contribution in [0.5, 0.6) is 5.75 Å². The summed E-state index contributed by atoms with van der Waals surface area (Å²) in [6, 6.07) is 2.72. The number of pyridine rings is 2. The Bertz CT molecular complexity index is 895. The summed E-state index contributed by atoms with van der Waals surface area (Å²) in [4.78, 5) is 12.3. The van der Waals surface area contributed by atoms with Gasteiger partial charge in [-0.05, 0) is 18.4 Å². The molecule has 0 radical (unpaired) electrons. The zero-order valence-corrected chi connectivity index (χ0v) is 14.4. The quantitative estimate of drug-likeness (QED) is 0.642. The van der Waals surface area contributed by atoms with Crippen LogP contribution in [-0.2, 0) is 13.2 Å². The Morgan fingerprint density at radius 3 is 2.80 bits per heavy atom. The van der Waals surface area contributed by atoms with Crippen LogP contribution in [0.25, 0.3) is 22.6 Å². The van der Waals surface area contributed by atoms with Crippen LogP contribution in [0, 0.1) is 0 Å². The van der Waals surface area contributed by atoms with E-state index < -0.39 is 11.7 Å². The van der Waals surface area contributed by atoms with Gasteiger partial charge in [0.1, 0.15) is 17.1 Å². The van der Waals surface area contributed by atoms with Gasteiger partial charge in [0.25, 0.3) is 0 Å². The van der Waals surface area contributed by atoms with E-state index in [9.17, 15) is 13.2 Å². The van der Waals surface area contributed by atoms with Gasteiger partial charge < -0.3 is 9.30 Å². The van der Waals surface area contributed by atoms with Crippen LogP contribution >= 0.6 is 11.8 Å². The van der Waals surface area contributed by atoms with Gasteiger partial charge >= 0.3 is 6.18 Å². The zero-order valence-electron chi connectivity index (χ0n) is 13.5. The van der Waals surface area contributed by atoms with Gasteiger partial charge in [0, 0.05) is 25.2 Å². The lowest BCUT2D eigenvalue weighted by Crippen LogP contribution is -2.05. The second kappa shape index (κ2) is 6.91. The highest BCUT2D eigenvalue weighted by Crippen LogP contribution is 2.33. The fraction of sp³-hybridized carbons (Fsp3) is 0.312. The van der Waals surface area contributed by atoms with E-state index in [-0.39, 0.29) is 5.52 Å². The van der Waals surface area contributed by atoms with Crippen LogP contribution < -0.4 is 4.74 Å². The number of fused-ring (bicyclic) bond motifs is 1. The van der Waals surface area contributed by atoms with Crippen LogP contribution in [0.4, 0.5) is 13.2 Å². The van der Waals surface area contributed by atoms with Crippen LogP contribution in [0.1, 0.15) is 5.56 Å². The number of aryl methyl sites for hydroxylation is 1. The van der Waals surface area contributed by atoms with Crippen molar-refractivity contribution < 1.29 is 17.9 Å². The Morgan fingerprint density at radius 1 is 1.28 bits per heavy atom. The maximum Gasteiger partial charge on any atom is 0.417 e. The fourth-order valence-corrected chi connectivity index (χ4v) is 2.64. The van der Waals surface area contributed by atoms with Gasteiger partial charge in [-0.25, -0.2) is 9.97 Å². The molecule has 0 fully saturated rings. The molecule has 5 nitrogen and oxygen atoms in total. The number of hydrogen-bond acceptors (Lipinski definition) is 5. The molecule has 0 aliphatic heterocycles. The summed E-state index contributed by atoms with van der Waals surface area (Å²) < 4.78 is 46.0. The molecule has 0 saturated carbocycles. The standard InChI is InChI=1S/C16H15F3N4OS/c1-23-14(11-3-4-20-9-13(11)24-5-6-25-2)22-12-7-10(16(17,18)19)8-21-15(12)23/h3-4,7-9H,5-6H2,1-2H3. The highest BCUT2D eigenvalue weighted by atomic mass is 32.2. The summed E-state index contributed by atoms with van der Waals surface area (Å²) in [6.07, 6.45) is 1.50. The minimum Gasteiger partial charge on any atom is -0.490 e. The van der Waals surface area contributed by atoms with Gasteiger partial charge in [0.2, 0.25) is 0 Å². The minimum atomic E-state index is -4.46. The number of ether oxygens (including phenoxy) is 1. The second-order valence-electron chi connectivity index (χ2n) is 5.27. The number of thioether (sulfide) groups is 1. The van der Waals surface area contributed by atoms with Crippen molar-refractivity contribution in [2.45, 2.75) is 6.18 Å². The van der Waals surface area contributed by atoms with Gasteiger partial charge in [-0.1, -0.05) is 0 Å². The van der Waals surface area contributed by atoms with E-state index in [2.05, 4.69) is 15.0 Å². The molecule has 0 unspecified atom stereocenters. The predicted molar refractivity (Wildman–Crippen MR) is 90.6 cm³/mol. The Balaban J connectivity index is 2.06. The molecule has 0 saturated heterocycles. The second-order valence-corrected chi connectivity index (χ2v) is 6.26. The van der Waals surface area contributed by atoms with E-state index in [1.165, 1.54) is 0 Å². The predicted octanol–water partition coefficient (Wildman–Crippen LogP) is 3.79. The number of halogens is 3. The molecule has 0 atom stereocenters. The number of imidazole rings is 1. The van der Waals surface area contributed by atoms with Gasteiger partial charge in [-0.15, -0.1) is 0 Å². The van der Waals surface area contributed by atoms with Crippen LogP contribution in [-0.4, -0.2) is 38.1 Å². The number of hydrogen-bond donors (Lipinski definition) is 0. The molecular weight excluding hydrogens is 353 g/mol. The van der Waals surface area contributed by atoms with E-state index in [0.29, 0.717) is 29.4 Å². The first kappa shape index (κ1) is 17.5. The first-order valence-corrected chi connectivity index (χ1v) is 8.77. The lowest BCUT2D eigenvalue weighted by molar-refractivity contribution is -0.137. The van der Waals surface area contributed by atoms with Gasteiger partial charge in [0.05, 0.1) is 23.9 Å². The largest absolute Gasteiger partial charge is 0.490 e. The number of alkyl halides is 3. The third-order valence-electron chi connectivity index (χ3n) is 3.61. The molecule has 0 amide bonds. The summed E-state index contributed by atoms with van der Waals surface area (Å²) in [5, 5.41) is 0. The molecule has 3 heterocycles. The summed E-state index contributed by atoms with van der Waals surface area (Å²) >= 11 is 1.65. The molecule has 132 valence electrons. The Labute approximate surface area is 146 Å². The monoisotopic (exact) mass is 368 g/mol. The third kappa shape index (κ3) is 3.55. The minimum absolute atomic E-state index is 0.180. The first-order valence-electron chi connectivity index (χ1n) is 7.37. The number of nitrogens with zero attached hydrogens (tertiary/aromatic N) is 4. The topological polar surface area (TPSA) is 52.8 Å². The van der Waals surface area contributed by atoms with Crippen molar-refractivity contribution in [2.24, 2.45) is 7.05 Å². The van der Waals surface area contributed by atoms with Crippen molar-refractivity contribution in [3.63, 3.8) is 0 Å². The average Bonchev–Trinajstić information content (AvgIpc) is 2.91. The van der Waals surface area contributed by atoms with Gasteiger partial charge in [0.15, 0.2) is 5.65 Å². The number of aromatic nitrogens is 4. The maximum absolute atomic E-state index is 12.9. The lowest BCUT2D eigenvalue weighted by atomic mass is 10.2. The molecule has 0 aliphatic rings. The molecule has 0 aromatic carbocycles. The smallest absolute Gasteiger partial charge is 0.417 e. The SMILES string of the molecule is CSCCOc1cnccc1-c1nc2cc(C(F)(F)F)cnc2n1C. The first-order chi connectivity index (χ1) is 11.9. The van der Waals surface area contributed by atoms with E-state index in [1.807, 2.05) is 6.26 Å². The van der Waals surface area contributed by atoms with Crippen molar-refractivity contribution in [1.29, 1.82) is 0 Å². The molecule has 25 heavy (non-hydrogen) atoms. The molecule has 0 spiro atoms. The van der Waals surface area contributed by atoms with Crippen molar-refractivity contribution in [2.75, 3.05) is 18.6 Å². The fourth-order valence-electron chi connectivity index (χ4n) is 2.39. The molecule has 0 bridgehead atoms. The summed E-state index contributed by atoms with van der Waals surface area (Å²) in [5.41, 5.74) is 0.384. The van der Waals surface area contributed by atoms with E-state index in [4.69, 9.17) is 4.74 Å². The van der Waals surface area contributed by atoms with Crippen LogP contribution in [0.15, 0.2) is 30.7 Å². The molecular formula is C16H15F3N4OS. The average molecular weight is 368 g/mol. The van der Waals surface area contributed by atoms with Crippen molar-refractivity contribution in [3.05, 3.63) is 36.3 Å². The number of rotatable bonds is 5.